The second kappa shape index (κ2) is 8.82. The molecule has 0 bridgehead atoms. The molecule has 0 radical (unpaired) electrons. The summed E-state index contributed by atoms with van der Waals surface area (Å²) in [6.45, 7) is 5.20. The maximum Gasteiger partial charge on any atom is 0.123 e. The Labute approximate surface area is 177 Å². The van der Waals surface area contributed by atoms with Gasteiger partial charge in [-0.3, -0.25) is 9.88 Å². The molecule has 1 aliphatic rings. The van der Waals surface area contributed by atoms with Gasteiger partial charge in [-0.25, -0.2) is 0 Å². The van der Waals surface area contributed by atoms with E-state index in [0.29, 0.717) is 6.61 Å². The fourth-order valence-electron chi connectivity index (χ4n) is 4.16. The van der Waals surface area contributed by atoms with Crippen molar-refractivity contribution < 1.29 is 9.47 Å². The van der Waals surface area contributed by atoms with Crippen molar-refractivity contribution in [1.29, 1.82) is 0 Å². The van der Waals surface area contributed by atoms with E-state index >= 15 is 0 Å². The Balaban J connectivity index is 1.39. The second-order valence-corrected chi connectivity index (χ2v) is 7.79. The lowest BCUT2D eigenvalue weighted by atomic mass is 10.0. The molecule has 0 aliphatic carbocycles. The van der Waals surface area contributed by atoms with Crippen molar-refractivity contribution >= 4 is 21.7 Å². The van der Waals surface area contributed by atoms with E-state index in [0.717, 1.165) is 61.5 Å². The summed E-state index contributed by atoms with van der Waals surface area (Å²) >= 11 is 0. The molecule has 0 N–H and O–H groups in total. The summed E-state index contributed by atoms with van der Waals surface area (Å²) in [5.74, 6) is 0.968. The molecule has 1 aromatic heterocycles. The normalized spacial score (nSPS) is 14.9. The van der Waals surface area contributed by atoms with Crippen LogP contribution in [0.5, 0.6) is 5.75 Å². The zero-order valence-corrected chi connectivity index (χ0v) is 17.1. The van der Waals surface area contributed by atoms with Gasteiger partial charge in [-0.1, -0.05) is 48.5 Å². The molecule has 1 saturated heterocycles. The molecule has 4 nitrogen and oxygen atoms in total. The minimum absolute atomic E-state index is 0.515. The first-order valence-corrected chi connectivity index (χ1v) is 10.6. The molecule has 5 rings (SSSR count). The van der Waals surface area contributed by atoms with Crippen LogP contribution < -0.4 is 4.74 Å². The largest absolute Gasteiger partial charge is 0.489 e. The summed E-state index contributed by atoms with van der Waals surface area (Å²) in [5, 5.41) is 3.68. The Morgan fingerprint density at radius 1 is 0.900 bits per heavy atom. The predicted molar refractivity (Wildman–Crippen MR) is 121 cm³/mol. The summed E-state index contributed by atoms with van der Waals surface area (Å²) in [4.78, 5) is 7.04. The van der Waals surface area contributed by atoms with Gasteiger partial charge in [0.05, 0.1) is 18.7 Å². The van der Waals surface area contributed by atoms with Gasteiger partial charge in [0.25, 0.3) is 0 Å². The molecule has 1 fully saturated rings. The Morgan fingerprint density at radius 2 is 1.70 bits per heavy atom. The van der Waals surface area contributed by atoms with Crippen molar-refractivity contribution in [2.45, 2.75) is 13.0 Å². The molecule has 0 atom stereocenters. The summed E-state index contributed by atoms with van der Waals surface area (Å²) in [7, 11) is 0. The van der Waals surface area contributed by atoms with Crippen molar-refractivity contribution in [2.24, 2.45) is 0 Å². The quantitative estimate of drug-likeness (QED) is 0.465. The Bertz CT molecular complexity index is 1150. The van der Waals surface area contributed by atoms with E-state index in [9.17, 15) is 0 Å². The molecule has 2 heterocycles. The third kappa shape index (κ3) is 4.16. The van der Waals surface area contributed by atoms with Crippen LogP contribution in [0.2, 0.25) is 0 Å². The van der Waals surface area contributed by atoms with Gasteiger partial charge in [0.15, 0.2) is 0 Å². The number of hydrogen-bond donors (Lipinski definition) is 0. The number of benzene rings is 3. The van der Waals surface area contributed by atoms with E-state index in [1.54, 1.807) is 0 Å². The number of fused-ring (bicyclic) bond motifs is 2. The summed E-state index contributed by atoms with van der Waals surface area (Å²) in [6, 6.07) is 23.2. The first kappa shape index (κ1) is 19.0. The van der Waals surface area contributed by atoms with E-state index in [2.05, 4.69) is 58.4 Å². The Kier molecular flexibility index (Phi) is 5.60. The Morgan fingerprint density at radius 3 is 2.60 bits per heavy atom. The molecule has 30 heavy (non-hydrogen) atoms. The number of aromatic nitrogens is 1. The van der Waals surface area contributed by atoms with Crippen LogP contribution in [-0.2, 0) is 17.8 Å². The van der Waals surface area contributed by atoms with Crippen LogP contribution >= 0.6 is 0 Å². The molecule has 4 aromatic rings. The number of pyridine rings is 1. The fraction of sp³-hybridized carbons (Fsp3) is 0.269. The average Bonchev–Trinajstić information content (AvgIpc) is 2.82. The first-order valence-electron chi connectivity index (χ1n) is 10.6. The number of nitrogens with zero attached hydrogens (tertiary/aromatic N) is 2. The molecular weight excluding hydrogens is 372 g/mol. The van der Waals surface area contributed by atoms with Gasteiger partial charge in [-0.2, -0.15) is 0 Å². The molecule has 4 heteroatoms. The zero-order chi connectivity index (χ0) is 20.2. The van der Waals surface area contributed by atoms with Crippen molar-refractivity contribution in [3.8, 4) is 5.75 Å². The highest BCUT2D eigenvalue weighted by Gasteiger charge is 2.14. The topological polar surface area (TPSA) is 34.6 Å². The zero-order valence-electron chi connectivity index (χ0n) is 17.1. The van der Waals surface area contributed by atoms with Crippen LogP contribution in [0, 0.1) is 0 Å². The molecule has 152 valence electrons. The third-order valence-corrected chi connectivity index (χ3v) is 5.82. The number of rotatable bonds is 6. The lowest BCUT2D eigenvalue weighted by Crippen LogP contribution is -2.37. The Hall–Kier alpha value is -2.95. The molecular formula is C26H26N2O2. The van der Waals surface area contributed by atoms with E-state index in [1.165, 1.54) is 16.3 Å². The van der Waals surface area contributed by atoms with Gasteiger partial charge in [0, 0.05) is 42.3 Å². The standard InChI is InChI=1S/C26H26N2O2/c1-3-7-23-21(5-1)9-10-26(24(23)11-12-28-13-15-29-16-14-28)30-19-20-17-22-6-2-4-8-25(22)27-18-20/h1-10,17-18H,11-16,19H2. The van der Waals surface area contributed by atoms with Gasteiger partial charge < -0.3 is 9.47 Å². The monoisotopic (exact) mass is 398 g/mol. The first-order chi connectivity index (χ1) is 14.9. The highest BCUT2D eigenvalue weighted by Crippen LogP contribution is 2.30. The lowest BCUT2D eigenvalue weighted by molar-refractivity contribution is 0.0384. The molecule has 0 saturated carbocycles. The summed E-state index contributed by atoms with van der Waals surface area (Å²) in [6.07, 6.45) is 2.88. The van der Waals surface area contributed by atoms with Crippen LogP contribution in [0.4, 0.5) is 0 Å². The summed E-state index contributed by atoms with van der Waals surface area (Å²) < 4.78 is 11.8. The van der Waals surface area contributed by atoms with Crippen molar-refractivity contribution in [3.63, 3.8) is 0 Å². The van der Waals surface area contributed by atoms with Crippen molar-refractivity contribution in [2.75, 3.05) is 32.8 Å². The fourth-order valence-corrected chi connectivity index (χ4v) is 4.16. The lowest BCUT2D eigenvalue weighted by Gasteiger charge is -2.27. The highest BCUT2D eigenvalue weighted by atomic mass is 16.5. The number of ether oxygens (including phenoxy) is 2. The van der Waals surface area contributed by atoms with E-state index in [4.69, 9.17) is 9.47 Å². The minimum Gasteiger partial charge on any atom is -0.489 e. The molecule has 3 aromatic carbocycles. The van der Waals surface area contributed by atoms with Gasteiger partial charge in [0.2, 0.25) is 0 Å². The SMILES string of the molecule is c1ccc2ncc(COc3ccc4ccccc4c3CCN3CCOCC3)cc2c1. The summed E-state index contributed by atoms with van der Waals surface area (Å²) in [5.41, 5.74) is 3.38. The van der Waals surface area contributed by atoms with Crippen molar-refractivity contribution in [3.05, 3.63) is 84.1 Å². The van der Waals surface area contributed by atoms with Crippen LogP contribution in [-0.4, -0.2) is 42.7 Å². The smallest absolute Gasteiger partial charge is 0.123 e. The van der Waals surface area contributed by atoms with Gasteiger partial charge in [-0.15, -0.1) is 0 Å². The molecule has 0 unspecified atom stereocenters. The highest BCUT2D eigenvalue weighted by molar-refractivity contribution is 5.87. The third-order valence-electron chi connectivity index (χ3n) is 5.82. The van der Waals surface area contributed by atoms with Crippen LogP contribution in [0.25, 0.3) is 21.7 Å². The maximum absolute atomic E-state index is 6.34. The van der Waals surface area contributed by atoms with Gasteiger partial charge in [0.1, 0.15) is 12.4 Å². The number of hydrogen-bond acceptors (Lipinski definition) is 4. The number of morpholine rings is 1. The maximum atomic E-state index is 6.34. The van der Waals surface area contributed by atoms with Crippen molar-refractivity contribution in [1.82, 2.24) is 9.88 Å². The van der Waals surface area contributed by atoms with Crippen LogP contribution in [0.15, 0.2) is 72.9 Å². The predicted octanol–water partition coefficient (Wildman–Crippen LogP) is 4.84. The number of para-hydroxylation sites is 1. The van der Waals surface area contributed by atoms with E-state index in [-0.39, 0.29) is 0 Å². The van der Waals surface area contributed by atoms with Gasteiger partial charge >= 0.3 is 0 Å². The van der Waals surface area contributed by atoms with Crippen LogP contribution in [0.3, 0.4) is 0 Å². The van der Waals surface area contributed by atoms with E-state index < -0.39 is 0 Å². The minimum atomic E-state index is 0.515. The van der Waals surface area contributed by atoms with E-state index in [1.807, 2.05) is 24.4 Å². The molecule has 1 aliphatic heterocycles. The second-order valence-electron chi connectivity index (χ2n) is 7.79. The van der Waals surface area contributed by atoms with Crippen LogP contribution in [0.1, 0.15) is 11.1 Å². The average molecular weight is 399 g/mol. The molecule has 0 amide bonds. The molecule has 0 spiro atoms. The van der Waals surface area contributed by atoms with Gasteiger partial charge in [-0.05, 0) is 35.4 Å².